The van der Waals surface area contributed by atoms with E-state index in [1.54, 1.807) is 0 Å². The molecule has 0 heterocycles. The largest absolute Gasteiger partial charge is 0.293 e. The highest BCUT2D eigenvalue weighted by molar-refractivity contribution is 5.80. The maximum atomic E-state index is 11.6. The van der Waals surface area contributed by atoms with Crippen LogP contribution in [0.25, 0.3) is 0 Å². The van der Waals surface area contributed by atoms with Crippen LogP contribution in [-0.2, 0) is 4.79 Å². The summed E-state index contributed by atoms with van der Waals surface area (Å²) in [5.74, 6) is 5.64. The molecular formula is C12H27N3O. The van der Waals surface area contributed by atoms with Crippen LogP contribution in [0.15, 0.2) is 0 Å². The van der Waals surface area contributed by atoms with Crippen LogP contribution in [0.5, 0.6) is 0 Å². The second-order valence-electron chi connectivity index (χ2n) is 4.75. The summed E-state index contributed by atoms with van der Waals surface area (Å²) >= 11 is 0. The highest BCUT2D eigenvalue weighted by Gasteiger charge is 2.26. The Labute approximate surface area is 99.5 Å². The van der Waals surface area contributed by atoms with Crippen LogP contribution in [-0.4, -0.2) is 29.4 Å². The van der Waals surface area contributed by atoms with Gasteiger partial charge in [-0.1, -0.05) is 27.7 Å². The van der Waals surface area contributed by atoms with Gasteiger partial charge in [-0.2, -0.15) is 0 Å². The summed E-state index contributed by atoms with van der Waals surface area (Å²) in [7, 11) is 0. The maximum absolute atomic E-state index is 11.6. The molecule has 0 aliphatic carbocycles. The summed E-state index contributed by atoms with van der Waals surface area (Å²) in [4.78, 5) is 13.9. The van der Waals surface area contributed by atoms with E-state index in [1.165, 1.54) is 0 Å². The highest BCUT2D eigenvalue weighted by Crippen LogP contribution is 2.15. The van der Waals surface area contributed by atoms with Gasteiger partial charge in [-0.05, 0) is 25.7 Å². The number of nitrogens with one attached hydrogen (secondary N) is 1. The molecular weight excluding hydrogens is 202 g/mol. The van der Waals surface area contributed by atoms with E-state index >= 15 is 0 Å². The van der Waals surface area contributed by atoms with Gasteiger partial charge in [-0.25, -0.2) is 5.84 Å². The van der Waals surface area contributed by atoms with Crippen LogP contribution < -0.4 is 11.3 Å². The molecule has 1 atom stereocenters. The van der Waals surface area contributed by atoms with E-state index in [1.807, 2.05) is 6.92 Å². The molecule has 0 radical (unpaired) electrons. The smallest absolute Gasteiger partial charge is 0.250 e. The fraction of sp³-hybridized carbons (Fsp3) is 0.917. The van der Waals surface area contributed by atoms with Gasteiger partial charge in [0.2, 0.25) is 0 Å². The molecule has 16 heavy (non-hydrogen) atoms. The average molecular weight is 229 g/mol. The summed E-state index contributed by atoms with van der Waals surface area (Å²) in [5.41, 5.74) is 2.24. The lowest BCUT2D eigenvalue weighted by Gasteiger charge is -2.35. The number of hydrogen-bond donors (Lipinski definition) is 2. The van der Waals surface area contributed by atoms with Crippen LogP contribution in [0.1, 0.15) is 47.5 Å². The van der Waals surface area contributed by atoms with E-state index in [0.29, 0.717) is 12.0 Å². The summed E-state index contributed by atoms with van der Waals surface area (Å²) in [6, 6.07) is 0.298. The van der Waals surface area contributed by atoms with Crippen molar-refractivity contribution in [1.29, 1.82) is 0 Å². The molecule has 0 aromatic rings. The van der Waals surface area contributed by atoms with Crippen LogP contribution in [0.2, 0.25) is 0 Å². The monoisotopic (exact) mass is 229 g/mol. The minimum absolute atomic E-state index is 0.104. The molecule has 0 saturated carbocycles. The number of hydrogen-bond acceptors (Lipinski definition) is 3. The standard InChI is InChI=1S/C12H27N3O/c1-6-11(7-2)15(8-9(3)4)10(5)12(16)14-13/h9-11H,6-8,13H2,1-5H3,(H,14,16). The third-order valence-corrected chi connectivity index (χ3v) is 3.01. The Morgan fingerprint density at radius 1 is 1.25 bits per heavy atom. The molecule has 0 spiro atoms. The molecule has 1 unspecified atom stereocenters. The van der Waals surface area contributed by atoms with Gasteiger partial charge in [0.25, 0.3) is 5.91 Å². The molecule has 0 aliphatic rings. The number of amides is 1. The Bertz CT molecular complexity index is 202. The molecule has 0 fully saturated rings. The Morgan fingerprint density at radius 3 is 2.06 bits per heavy atom. The van der Waals surface area contributed by atoms with Gasteiger partial charge in [-0.15, -0.1) is 0 Å². The molecule has 3 N–H and O–H groups in total. The lowest BCUT2D eigenvalue weighted by atomic mass is 10.0. The first-order chi connectivity index (χ1) is 7.47. The number of hydrazine groups is 1. The van der Waals surface area contributed by atoms with E-state index in [-0.39, 0.29) is 11.9 Å². The van der Waals surface area contributed by atoms with Gasteiger partial charge in [0, 0.05) is 12.6 Å². The first-order valence-corrected chi connectivity index (χ1v) is 6.24. The van der Waals surface area contributed by atoms with Crippen molar-refractivity contribution in [1.82, 2.24) is 10.3 Å². The first-order valence-electron chi connectivity index (χ1n) is 6.24. The van der Waals surface area contributed by atoms with Gasteiger partial charge in [0.1, 0.15) is 0 Å². The topological polar surface area (TPSA) is 58.4 Å². The lowest BCUT2D eigenvalue weighted by molar-refractivity contribution is -0.127. The minimum Gasteiger partial charge on any atom is -0.293 e. The van der Waals surface area contributed by atoms with Crippen LogP contribution >= 0.6 is 0 Å². The third-order valence-electron chi connectivity index (χ3n) is 3.01. The highest BCUT2D eigenvalue weighted by atomic mass is 16.2. The Hall–Kier alpha value is -0.610. The second kappa shape index (κ2) is 7.63. The lowest BCUT2D eigenvalue weighted by Crippen LogP contribution is -2.52. The van der Waals surface area contributed by atoms with Gasteiger partial charge < -0.3 is 0 Å². The molecule has 0 aromatic heterocycles. The van der Waals surface area contributed by atoms with Crippen molar-refractivity contribution in [2.75, 3.05) is 6.54 Å². The van der Waals surface area contributed by atoms with E-state index < -0.39 is 0 Å². The van der Waals surface area contributed by atoms with Crippen molar-refractivity contribution >= 4 is 5.91 Å². The van der Waals surface area contributed by atoms with Crippen LogP contribution in [0.3, 0.4) is 0 Å². The fourth-order valence-electron chi connectivity index (χ4n) is 2.07. The Balaban J connectivity index is 4.70. The zero-order valence-corrected chi connectivity index (χ0v) is 11.3. The SMILES string of the molecule is CCC(CC)N(CC(C)C)C(C)C(=O)NN. The molecule has 4 heteroatoms. The van der Waals surface area contributed by atoms with Crippen molar-refractivity contribution in [3.63, 3.8) is 0 Å². The van der Waals surface area contributed by atoms with Gasteiger partial charge in [0.15, 0.2) is 0 Å². The number of nitrogens with zero attached hydrogens (tertiary/aromatic N) is 1. The number of carbonyl (C=O) groups excluding carboxylic acids is 1. The average Bonchev–Trinajstić information content (AvgIpc) is 2.26. The zero-order valence-electron chi connectivity index (χ0n) is 11.3. The molecule has 0 aliphatic heterocycles. The predicted octanol–water partition coefficient (Wildman–Crippen LogP) is 1.51. The first kappa shape index (κ1) is 15.4. The van der Waals surface area contributed by atoms with Crippen molar-refractivity contribution < 1.29 is 4.79 Å². The van der Waals surface area contributed by atoms with Gasteiger partial charge >= 0.3 is 0 Å². The summed E-state index contributed by atoms with van der Waals surface area (Å²) in [6.07, 6.45) is 2.12. The maximum Gasteiger partial charge on any atom is 0.250 e. The van der Waals surface area contributed by atoms with Crippen LogP contribution in [0, 0.1) is 5.92 Å². The van der Waals surface area contributed by atoms with E-state index in [2.05, 4.69) is 38.0 Å². The van der Waals surface area contributed by atoms with Gasteiger partial charge in [-0.3, -0.25) is 15.1 Å². The van der Waals surface area contributed by atoms with Crippen molar-refractivity contribution in [2.45, 2.75) is 59.5 Å². The Kier molecular flexibility index (Phi) is 7.34. The molecule has 1 amide bonds. The molecule has 0 bridgehead atoms. The fourth-order valence-corrected chi connectivity index (χ4v) is 2.07. The number of rotatable bonds is 7. The molecule has 4 nitrogen and oxygen atoms in total. The normalized spacial score (nSPS) is 13.6. The zero-order chi connectivity index (χ0) is 12.7. The summed E-state index contributed by atoms with van der Waals surface area (Å²) in [5, 5.41) is 0. The van der Waals surface area contributed by atoms with Gasteiger partial charge in [0.05, 0.1) is 6.04 Å². The molecule has 0 rings (SSSR count). The summed E-state index contributed by atoms with van der Waals surface area (Å²) in [6.45, 7) is 11.5. The van der Waals surface area contributed by atoms with Crippen LogP contribution in [0.4, 0.5) is 0 Å². The molecule has 96 valence electrons. The quantitative estimate of drug-likeness (QED) is 0.395. The van der Waals surface area contributed by atoms with E-state index in [9.17, 15) is 4.79 Å². The second-order valence-corrected chi connectivity index (χ2v) is 4.75. The van der Waals surface area contributed by atoms with E-state index in [0.717, 1.165) is 19.4 Å². The Morgan fingerprint density at radius 2 is 1.75 bits per heavy atom. The molecule has 0 aromatic carbocycles. The van der Waals surface area contributed by atoms with Crippen molar-refractivity contribution in [2.24, 2.45) is 11.8 Å². The third kappa shape index (κ3) is 4.49. The number of nitrogens with two attached hydrogens (primary N) is 1. The predicted molar refractivity (Wildman–Crippen MR) is 67.7 cm³/mol. The van der Waals surface area contributed by atoms with Crippen molar-refractivity contribution in [3.05, 3.63) is 0 Å². The van der Waals surface area contributed by atoms with E-state index in [4.69, 9.17) is 5.84 Å². The minimum atomic E-state index is -0.155. The summed E-state index contributed by atoms with van der Waals surface area (Å²) < 4.78 is 0. The van der Waals surface area contributed by atoms with Crippen molar-refractivity contribution in [3.8, 4) is 0 Å². The number of carbonyl (C=O) groups is 1. The molecule has 0 saturated heterocycles.